The van der Waals surface area contributed by atoms with Crippen molar-refractivity contribution in [1.82, 2.24) is 0 Å². The van der Waals surface area contributed by atoms with Crippen LogP contribution in [0.2, 0.25) is 0 Å². The molecule has 1 rings (SSSR count). The number of aliphatic hydroxyl groups is 1. The first-order valence-electron chi connectivity index (χ1n) is 6.36. The highest BCUT2D eigenvalue weighted by molar-refractivity contribution is 5.39. The molecule has 18 heavy (non-hydrogen) atoms. The molecule has 1 nitrogen and oxygen atoms in total. The number of terminal acetylenes is 1. The van der Waals surface area contributed by atoms with Crippen molar-refractivity contribution in [3.8, 4) is 12.3 Å². The molecule has 0 aliphatic heterocycles. The molecule has 0 amide bonds. The molecule has 1 heteroatoms. The summed E-state index contributed by atoms with van der Waals surface area (Å²) in [5, 5.41) is 9.87. The minimum Gasteiger partial charge on any atom is -0.376 e. The van der Waals surface area contributed by atoms with E-state index in [2.05, 4.69) is 53.5 Å². The van der Waals surface area contributed by atoms with Gasteiger partial charge in [0.25, 0.3) is 0 Å². The Labute approximate surface area is 111 Å². The van der Waals surface area contributed by atoms with Crippen LogP contribution in [0.1, 0.15) is 64.3 Å². The van der Waals surface area contributed by atoms with Crippen molar-refractivity contribution >= 4 is 0 Å². The van der Waals surface area contributed by atoms with E-state index >= 15 is 0 Å². The average Bonchev–Trinajstić information content (AvgIpc) is 2.25. The van der Waals surface area contributed by atoms with Gasteiger partial charge < -0.3 is 5.11 Å². The second-order valence-electron chi connectivity index (χ2n) is 6.91. The van der Waals surface area contributed by atoms with Gasteiger partial charge in [-0.3, -0.25) is 0 Å². The summed E-state index contributed by atoms with van der Waals surface area (Å²) < 4.78 is 0. The summed E-state index contributed by atoms with van der Waals surface area (Å²) in [6.45, 7) is 13.0. The van der Waals surface area contributed by atoms with Gasteiger partial charge >= 0.3 is 0 Å². The van der Waals surface area contributed by atoms with Gasteiger partial charge in [-0.05, 0) is 27.5 Å². The van der Waals surface area contributed by atoms with Crippen molar-refractivity contribution < 1.29 is 5.11 Å². The molecule has 0 aliphatic carbocycles. The van der Waals surface area contributed by atoms with Crippen LogP contribution in [-0.4, -0.2) is 5.11 Å². The van der Waals surface area contributed by atoms with Gasteiger partial charge in [0, 0.05) is 0 Å². The van der Waals surface area contributed by atoms with Gasteiger partial charge in [-0.2, -0.15) is 0 Å². The van der Waals surface area contributed by atoms with Crippen LogP contribution in [0.25, 0.3) is 0 Å². The topological polar surface area (TPSA) is 20.2 Å². The Morgan fingerprint density at radius 2 is 1.33 bits per heavy atom. The third kappa shape index (κ3) is 3.37. The fraction of sp³-hybridized carbons (Fsp3) is 0.529. The smallest absolute Gasteiger partial charge is 0.140 e. The van der Waals surface area contributed by atoms with E-state index in [4.69, 9.17) is 6.42 Å². The Kier molecular flexibility index (Phi) is 3.93. The van der Waals surface area contributed by atoms with E-state index in [1.165, 1.54) is 11.1 Å². The van der Waals surface area contributed by atoms with Crippen LogP contribution in [0.5, 0.6) is 0 Å². The quantitative estimate of drug-likeness (QED) is 0.742. The second-order valence-corrected chi connectivity index (χ2v) is 6.91. The monoisotopic (exact) mass is 244 g/mol. The first kappa shape index (κ1) is 14.8. The van der Waals surface area contributed by atoms with E-state index in [1.54, 1.807) is 0 Å². The molecule has 1 unspecified atom stereocenters. The molecule has 1 atom stereocenters. The molecule has 0 saturated carbocycles. The Bertz CT molecular complexity index is 432. The molecule has 98 valence electrons. The number of hydrogen-bond donors (Lipinski definition) is 1. The van der Waals surface area contributed by atoms with Crippen molar-refractivity contribution in [2.75, 3.05) is 0 Å². The lowest BCUT2D eigenvalue weighted by Crippen LogP contribution is -2.17. The van der Waals surface area contributed by atoms with E-state index in [0.29, 0.717) is 0 Å². The lowest BCUT2D eigenvalue weighted by molar-refractivity contribution is 0.238. The lowest BCUT2D eigenvalue weighted by Gasteiger charge is -2.26. The van der Waals surface area contributed by atoms with Gasteiger partial charge in [-0.25, -0.2) is 0 Å². The van der Waals surface area contributed by atoms with E-state index in [9.17, 15) is 5.11 Å². The first-order chi connectivity index (χ1) is 8.05. The highest BCUT2D eigenvalue weighted by Crippen LogP contribution is 2.31. The van der Waals surface area contributed by atoms with Crippen molar-refractivity contribution in [2.24, 2.45) is 0 Å². The van der Waals surface area contributed by atoms with E-state index < -0.39 is 6.10 Å². The molecule has 0 spiro atoms. The fourth-order valence-corrected chi connectivity index (χ4v) is 1.77. The van der Waals surface area contributed by atoms with Gasteiger partial charge in [0.1, 0.15) is 6.10 Å². The maximum Gasteiger partial charge on any atom is 0.140 e. The summed E-state index contributed by atoms with van der Waals surface area (Å²) in [6, 6.07) is 6.24. The molecule has 1 aromatic rings. The third-order valence-corrected chi connectivity index (χ3v) is 3.16. The van der Waals surface area contributed by atoms with Crippen LogP contribution in [-0.2, 0) is 10.8 Å². The number of rotatable bonds is 1. The summed E-state index contributed by atoms with van der Waals surface area (Å²) in [5.41, 5.74) is 3.32. The maximum absolute atomic E-state index is 9.87. The highest BCUT2D eigenvalue weighted by atomic mass is 16.3. The molecule has 0 radical (unpaired) electrons. The molecule has 0 aromatic heterocycles. The van der Waals surface area contributed by atoms with Crippen LogP contribution >= 0.6 is 0 Å². The van der Waals surface area contributed by atoms with Gasteiger partial charge in [0.05, 0.1) is 0 Å². The standard InChI is InChI=1S/C17H24O/c1-8-15(18)12-9-13(16(2,3)4)11-14(10-12)17(5,6)7/h1,9-11,15,18H,2-7H3. The largest absolute Gasteiger partial charge is 0.376 e. The minimum absolute atomic E-state index is 0.0460. The van der Waals surface area contributed by atoms with Crippen molar-refractivity contribution in [3.63, 3.8) is 0 Å². The molecule has 0 fully saturated rings. The summed E-state index contributed by atoms with van der Waals surface area (Å²) in [4.78, 5) is 0. The Morgan fingerprint density at radius 1 is 0.944 bits per heavy atom. The van der Waals surface area contributed by atoms with Crippen LogP contribution < -0.4 is 0 Å². The summed E-state index contributed by atoms with van der Waals surface area (Å²) in [7, 11) is 0. The Balaban J connectivity index is 3.45. The molecule has 0 saturated heterocycles. The lowest BCUT2D eigenvalue weighted by atomic mass is 9.79. The second kappa shape index (κ2) is 4.78. The van der Waals surface area contributed by atoms with Crippen LogP contribution in [0.4, 0.5) is 0 Å². The number of hydrogen-bond acceptors (Lipinski definition) is 1. The van der Waals surface area contributed by atoms with Gasteiger partial charge in [-0.1, -0.05) is 65.7 Å². The summed E-state index contributed by atoms with van der Waals surface area (Å²) >= 11 is 0. The van der Waals surface area contributed by atoms with Gasteiger partial charge in [0.15, 0.2) is 0 Å². The summed E-state index contributed by atoms with van der Waals surface area (Å²) in [6.07, 6.45) is 4.50. The highest BCUT2D eigenvalue weighted by Gasteiger charge is 2.21. The van der Waals surface area contributed by atoms with Crippen LogP contribution in [0, 0.1) is 12.3 Å². The molecule has 0 heterocycles. The van der Waals surface area contributed by atoms with E-state index in [-0.39, 0.29) is 10.8 Å². The molecule has 1 N–H and O–H groups in total. The van der Waals surface area contributed by atoms with Crippen molar-refractivity contribution in [2.45, 2.75) is 58.5 Å². The average molecular weight is 244 g/mol. The molecule has 0 aliphatic rings. The molecule has 1 aromatic carbocycles. The fourth-order valence-electron chi connectivity index (χ4n) is 1.77. The number of aliphatic hydroxyl groups excluding tert-OH is 1. The normalized spacial score (nSPS) is 14.1. The summed E-state index contributed by atoms with van der Waals surface area (Å²) in [5.74, 6) is 2.39. The van der Waals surface area contributed by atoms with E-state index in [0.717, 1.165) is 5.56 Å². The molecular weight excluding hydrogens is 220 g/mol. The maximum atomic E-state index is 9.87. The van der Waals surface area contributed by atoms with Gasteiger partial charge in [0.2, 0.25) is 0 Å². The zero-order valence-corrected chi connectivity index (χ0v) is 12.3. The van der Waals surface area contributed by atoms with Crippen molar-refractivity contribution in [1.29, 1.82) is 0 Å². The zero-order chi connectivity index (χ0) is 14.1. The number of benzene rings is 1. The van der Waals surface area contributed by atoms with E-state index in [1.807, 2.05) is 12.1 Å². The van der Waals surface area contributed by atoms with Gasteiger partial charge in [-0.15, -0.1) is 6.42 Å². The third-order valence-electron chi connectivity index (χ3n) is 3.16. The minimum atomic E-state index is -0.826. The Hall–Kier alpha value is -1.26. The van der Waals surface area contributed by atoms with Crippen molar-refractivity contribution in [3.05, 3.63) is 34.9 Å². The predicted molar refractivity (Wildman–Crippen MR) is 77.6 cm³/mol. The zero-order valence-electron chi connectivity index (χ0n) is 12.3. The first-order valence-corrected chi connectivity index (χ1v) is 6.36. The van der Waals surface area contributed by atoms with Crippen LogP contribution in [0.15, 0.2) is 18.2 Å². The molecular formula is C17H24O. The van der Waals surface area contributed by atoms with Crippen LogP contribution in [0.3, 0.4) is 0 Å². The predicted octanol–water partition coefficient (Wildman–Crippen LogP) is 3.95. The SMILES string of the molecule is C#CC(O)c1cc(C(C)(C)C)cc(C(C)(C)C)c1. The Morgan fingerprint density at radius 3 is 1.61 bits per heavy atom. The molecule has 0 bridgehead atoms.